The maximum absolute atomic E-state index is 14.1. The summed E-state index contributed by atoms with van der Waals surface area (Å²) in [5.74, 6) is -0.112. The summed E-state index contributed by atoms with van der Waals surface area (Å²) in [6.45, 7) is 13.5. The molecule has 1 aliphatic rings. The number of carbonyl (C=O) groups is 1. The van der Waals surface area contributed by atoms with Crippen molar-refractivity contribution < 1.29 is 4.79 Å². The lowest BCUT2D eigenvalue weighted by atomic mass is 9.94. The highest BCUT2D eigenvalue weighted by Crippen LogP contribution is 2.32. The van der Waals surface area contributed by atoms with Crippen LogP contribution >= 0.6 is 22.9 Å². The van der Waals surface area contributed by atoms with E-state index in [0.717, 1.165) is 27.7 Å². The minimum atomic E-state index is -0.600. The standard InChI is InChI=1S/C31H31ClN4O2S/c1-6-17-35-20(5)24(23-11-9-10-12-25(23)35)18-26-29(37)36-28(21-13-15-22(32)16-14-21)27(19(4)33-31(36)39-26)30(38)34(7-2)8-3/h6,9-16,18,28H,1,7-8,17H2,2-5H3/b26-18+/t28-/m0/s1. The molecule has 0 spiro atoms. The van der Waals surface area contributed by atoms with Gasteiger partial charge in [0, 0.05) is 46.8 Å². The molecule has 0 saturated carbocycles. The second-order valence-corrected chi connectivity index (χ2v) is 11.0. The lowest BCUT2D eigenvalue weighted by Gasteiger charge is -2.29. The molecule has 0 aliphatic carbocycles. The number of amides is 1. The molecule has 5 rings (SSSR count). The summed E-state index contributed by atoms with van der Waals surface area (Å²) in [6, 6.07) is 14.9. The Morgan fingerprint density at radius 3 is 2.49 bits per heavy atom. The lowest BCUT2D eigenvalue weighted by molar-refractivity contribution is -0.127. The summed E-state index contributed by atoms with van der Waals surface area (Å²) in [5.41, 5.74) is 4.93. The Kier molecular flexibility index (Phi) is 7.47. The molecule has 0 N–H and O–H groups in total. The van der Waals surface area contributed by atoms with E-state index >= 15 is 0 Å². The van der Waals surface area contributed by atoms with Gasteiger partial charge in [0.25, 0.3) is 11.5 Å². The van der Waals surface area contributed by atoms with Gasteiger partial charge in [0.05, 0.1) is 21.8 Å². The molecule has 4 aromatic rings. The molecule has 3 heterocycles. The molecular formula is C31H31ClN4O2S. The zero-order valence-electron chi connectivity index (χ0n) is 22.6. The van der Waals surface area contributed by atoms with Crippen LogP contribution < -0.4 is 14.9 Å². The fraction of sp³-hybridized carbons (Fsp3) is 0.258. The van der Waals surface area contributed by atoms with Gasteiger partial charge in [0.15, 0.2) is 4.80 Å². The number of likely N-dealkylation sites (N-methyl/N-ethyl adjacent to an activating group) is 1. The van der Waals surface area contributed by atoms with Crippen molar-refractivity contribution in [2.45, 2.75) is 40.3 Å². The normalized spacial score (nSPS) is 15.4. The van der Waals surface area contributed by atoms with Crippen molar-refractivity contribution in [3.05, 3.63) is 114 Å². The van der Waals surface area contributed by atoms with Gasteiger partial charge in [-0.15, -0.1) is 6.58 Å². The average molecular weight is 559 g/mol. The average Bonchev–Trinajstić information content (AvgIpc) is 3.38. The maximum atomic E-state index is 14.1. The molecule has 0 radical (unpaired) electrons. The van der Waals surface area contributed by atoms with Gasteiger partial charge in [-0.2, -0.15) is 0 Å². The predicted octanol–water partition coefficient (Wildman–Crippen LogP) is 5.21. The molecule has 200 valence electrons. The fourth-order valence-corrected chi connectivity index (χ4v) is 6.53. The first-order valence-electron chi connectivity index (χ1n) is 13.1. The Balaban J connectivity index is 1.77. The summed E-state index contributed by atoms with van der Waals surface area (Å²) in [4.78, 5) is 35.0. The zero-order chi connectivity index (χ0) is 27.8. The Bertz CT molecular complexity index is 1800. The minimum absolute atomic E-state index is 0.112. The number of hydrogen-bond donors (Lipinski definition) is 0. The highest BCUT2D eigenvalue weighted by Gasteiger charge is 2.34. The van der Waals surface area contributed by atoms with Gasteiger partial charge < -0.3 is 9.47 Å². The van der Waals surface area contributed by atoms with Crippen LogP contribution in [0.25, 0.3) is 17.0 Å². The van der Waals surface area contributed by atoms with E-state index in [4.69, 9.17) is 16.6 Å². The third-order valence-corrected chi connectivity index (χ3v) is 8.59. The first-order valence-corrected chi connectivity index (χ1v) is 14.3. The van der Waals surface area contributed by atoms with E-state index in [1.54, 1.807) is 21.6 Å². The van der Waals surface area contributed by atoms with Crippen LogP contribution in [-0.2, 0) is 11.3 Å². The van der Waals surface area contributed by atoms with Crippen molar-refractivity contribution in [1.82, 2.24) is 14.0 Å². The molecule has 0 fully saturated rings. The van der Waals surface area contributed by atoms with Crippen molar-refractivity contribution in [3.8, 4) is 0 Å². The van der Waals surface area contributed by atoms with Gasteiger partial charge >= 0.3 is 0 Å². The molecule has 1 aliphatic heterocycles. The summed E-state index contributed by atoms with van der Waals surface area (Å²) in [7, 11) is 0. The SMILES string of the molecule is C=CCn1c(C)c(/C=c2/sc3n(c2=O)[C@@H](c2ccc(Cl)cc2)C(C(=O)N(CC)CC)=C(C)N=3)c2ccccc21. The zero-order valence-corrected chi connectivity index (χ0v) is 24.1. The van der Waals surface area contributed by atoms with Crippen molar-refractivity contribution in [2.75, 3.05) is 13.1 Å². The Morgan fingerprint density at radius 1 is 1.13 bits per heavy atom. The molecule has 0 saturated heterocycles. The maximum Gasteiger partial charge on any atom is 0.271 e. The van der Waals surface area contributed by atoms with E-state index < -0.39 is 6.04 Å². The Morgan fingerprint density at radius 2 is 1.82 bits per heavy atom. The third-order valence-electron chi connectivity index (χ3n) is 7.36. The van der Waals surface area contributed by atoms with Crippen LogP contribution in [0.1, 0.15) is 43.6 Å². The van der Waals surface area contributed by atoms with E-state index in [1.807, 2.05) is 57.2 Å². The number of hydrogen-bond acceptors (Lipinski definition) is 4. The number of thiazole rings is 1. The number of benzene rings is 2. The molecule has 2 aromatic heterocycles. The van der Waals surface area contributed by atoms with Gasteiger partial charge in [0.1, 0.15) is 0 Å². The van der Waals surface area contributed by atoms with E-state index in [2.05, 4.69) is 30.2 Å². The smallest absolute Gasteiger partial charge is 0.271 e. The van der Waals surface area contributed by atoms with Gasteiger partial charge in [0.2, 0.25) is 0 Å². The van der Waals surface area contributed by atoms with Crippen LogP contribution in [-0.4, -0.2) is 33.0 Å². The molecular weight excluding hydrogens is 528 g/mol. The first kappa shape index (κ1) is 26.9. The van der Waals surface area contributed by atoms with Gasteiger partial charge in [-0.05, 0) is 57.5 Å². The molecule has 0 unspecified atom stereocenters. The number of allylic oxidation sites excluding steroid dienone is 2. The second kappa shape index (κ2) is 10.8. The van der Waals surface area contributed by atoms with Crippen LogP contribution in [0.15, 0.2) is 82.2 Å². The highest BCUT2D eigenvalue weighted by molar-refractivity contribution is 7.07. The molecule has 8 heteroatoms. The Hall–Kier alpha value is -3.68. The third kappa shape index (κ3) is 4.60. The summed E-state index contributed by atoms with van der Waals surface area (Å²) < 4.78 is 4.44. The summed E-state index contributed by atoms with van der Waals surface area (Å²) in [5, 5.41) is 1.67. The van der Waals surface area contributed by atoms with Crippen LogP contribution in [0.2, 0.25) is 5.02 Å². The largest absolute Gasteiger partial charge is 0.340 e. The Labute approximate surface area is 236 Å². The van der Waals surface area contributed by atoms with Crippen molar-refractivity contribution in [1.29, 1.82) is 0 Å². The lowest BCUT2D eigenvalue weighted by Crippen LogP contribution is -2.43. The number of para-hydroxylation sites is 1. The van der Waals surface area contributed by atoms with E-state index in [-0.39, 0.29) is 11.5 Å². The summed E-state index contributed by atoms with van der Waals surface area (Å²) in [6.07, 6.45) is 3.84. The number of halogens is 1. The van der Waals surface area contributed by atoms with Crippen LogP contribution in [0.3, 0.4) is 0 Å². The quantitative estimate of drug-likeness (QED) is 0.293. The van der Waals surface area contributed by atoms with Crippen molar-refractivity contribution in [2.24, 2.45) is 4.99 Å². The minimum Gasteiger partial charge on any atom is -0.340 e. The van der Waals surface area contributed by atoms with Crippen molar-refractivity contribution >= 4 is 45.8 Å². The van der Waals surface area contributed by atoms with Gasteiger partial charge in [-0.25, -0.2) is 4.99 Å². The number of rotatable bonds is 7. The number of carbonyl (C=O) groups excluding carboxylic acids is 1. The predicted molar refractivity (Wildman–Crippen MR) is 160 cm³/mol. The number of aromatic nitrogens is 2. The van der Waals surface area contributed by atoms with E-state index in [1.165, 1.54) is 11.3 Å². The topological polar surface area (TPSA) is 59.6 Å². The van der Waals surface area contributed by atoms with E-state index in [9.17, 15) is 9.59 Å². The first-order chi connectivity index (χ1) is 18.8. The molecule has 6 nitrogen and oxygen atoms in total. The molecule has 0 bridgehead atoms. The van der Waals surface area contributed by atoms with Crippen LogP contribution in [0.4, 0.5) is 0 Å². The fourth-order valence-electron chi connectivity index (χ4n) is 5.37. The van der Waals surface area contributed by atoms with Crippen LogP contribution in [0, 0.1) is 6.92 Å². The monoisotopic (exact) mass is 558 g/mol. The summed E-state index contributed by atoms with van der Waals surface area (Å²) >= 11 is 7.55. The van der Waals surface area contributed by atoms with Gasteiger partial charge in [-0.1, -0.05) is 59.3 Å². The molecule has 1 amide bonds. The second-order valence-electron chi connectivity index (χ2n) is 9.53. The molecule has 39 heavy (non-hydrogen) atoms. The van der Waals surface area contributed by atoms with E-state index in [0.29, 0.717) is 45.3 Å². The number of fused-ring (bicyclic) bond motifs is 2. The number of nitrogens with zero attached hydrogens (tertiary/aromatic N) is 4. The van der Waals surface area contributed by atoms with Crippen LogP contribution in [0.5, 0.6) is 0 Å². The van der Waals surface area contributed by atoms with Crippen molar-refractivity contribution in [3.63, 3.8) is 0 Å². The van der Waals surface area contributed by atoms with Gasteiger partial charge in [-0.3, -0.25) is 14.2 Å². The molecule has 2 aromatic carbocycles. The highest BCUT2D eigenvalue weighted by atomic mass is 35.5. The molecule has 1 atom stereocenters.